The molecule has 0 radical (unpaired) electrons. The van der Waals surface area contributed by atoms with Crippen LogP contribution in [0.15, 0.2) is 36.5 Å². The predicted octanol–water partition coefficient (Wildman–Crippen LogP) is 2.46. The Morgan fingerprint density at radius 2 is 2.29 bits per heavy atom. The Balaban J connectivity index is 1.97. The van der Waals surface area contributed by atoms with Crippen molar-refractivity contribution in [3.8, 4) is 5.75 Å². The largest absolute Gasteiger partial charge is 0.497 e. The van der Waals surface area contributed by atoms with Crippen LogP contribution in [0, 0.1) is 5.82 Å². The van der Waals surface area contributed by atoms with Crippen molar-refractivity contribution >= 4 is 0 Å². The van der Waals surface area contributed by atoms with E-state index in [9.17, 15) is 4.39 Å². The fourth-order valence-corrected chi connectivity index (χ4v) is 3.08. The predicted molar refractivity (Wildman–Crippen MR) is 78.3 cm³/mol. The van der Waals surface area contributed by atoms with E-state index in [1.165, 1.54) is 18.7 Å². The zero-order valence-corrected chi connectivity index (χ0v) is 11.8. The first-order chi connectivity index (χ1) is 10.2. The molecule has 0 saturated carbocycles. The summed E-state index contributed by atoms with van der Waals surface area (Å²) in [6.07, 6.45) is 3.63. The van der Waals surface area contributed by atoms with Gasteiger partial charge < -0.3 is 4.74 Å². The summed E-state index contributed by atoms with van der Waals surface area (Å²) in [5.74, 6) is 5.96. The van der Waals surface area contributed by atoms with Crippen LogP contribution in [0.25, 0.3) is 0 Å². The van der Waals surface area contributed by atoms with Crippen molar-refractivity contribution in [2.45, 2.75) is 24.8 Å². The maximum absolute atomic E-state index is 14.3. The van der Waals surface area contributed by atoms with E-state index in [0.717, 1.165) is 18.5 Å². The molecule has 5 heteroatoms. The summed E-state index contributed by atoms with van der Waals surface area (Å²) in [6, 6.07) is 8.55. The van der Waals surface area contributed by atoms with E-state index in [-0.39, 0.29) is 17.8 Å². The Hall–Kier alpha value is -1.98. The molecular weight excluding hydrogens is 269 g/mol. The molecule has 3 rings (SSSR count). The van der Waals surface area contributed by atoms with E-state index in [2.05, 4.69) is 16.5 Å². The van der Waals surface area contributed by atoms with Crippen molar-refractivity contribution in [1.29, 1.82) is 0 Å². The van der Waals surface area contributed by atoms with Crippen LogP contribution in [0.5, 0.6) is 5.75 Å². The molecule has 0 saturated heterocycles. The molecule has 2 unspecified atom stereocenters. The summed E-state index contributed by atoms with van der Waals surface area (Å²) >= 11 is 0. The third-order valence-corrected chi connectivity index (χ3v) is 4.13. The van der Waals surface area contributed by atoms with Gasteiger partial charge in [-0.1, -0.05) is 12.1 Å². The second-order valence-corrected chi connectivity index (χ2v) is 5.22. The fraction of sp³-hybridized carbons (Fsp3) is 0.312. The lowest BCUT2D eigenvalue weighted by Gasteiger charge is -2.24. The lowest BCUT2D eigenvalue weighted by molar-refractivity contribution is 0.403. The van der Waals surface area contributed by atoms with E-state index in [4.69, 9.17) is 10.6 Å². The van der Waals surface area contributed by atoms with Gasteiger partial charge in [-0.15, -0.1) is 0 Å². The van der Waals surface area contributed by atoms with Crippen molar-refractivity contribution in [2.24, 2.45) is 5.84 Å². The molecule has 0 fully saturated rings. The van der Waals surface area contributed by atoms with Crippen molar-refractivity contribution in [3.05, 3.63) is 59.2 Å². The number of aromatic nitrogens is 1. The number of fused-ring (bicyclic) bond motifs is 1. The number of pyridine rings is 1. The molecular formula is C16H18FN3O. The molecule has 0 bridgehead atoms. The van der Waals surface area contributed by atoms with Gasteiger partial charge in [-0.25, -0.2) is 4.39 Å². The Morgan fingerprint density at radius 1 is 1.43 bits per heavy atom. The highest BCUT2D eigenvalue weighted by molar-refractivity contribution is 5.36. The van der Waals surface area contributed by atoms with Crippen LogP contribution >= 0.6 is 0 Å². The maximum Gasteiger partial charge on any atom is 0.131 e. The Kier molecular flexibility index (Phi) is 3.86. The molecule has 0 aliphatic heterocycles. The van der Waals surface area contributed by atoms with Gasteiger partial charge in [0.2, 0.25) is 0 Å². The Bertz CT molecular complexity index is 647. The summed E-state index contributed by atoms with van der Waals surface area (Å²) in [5, 5.41) is 0. The summed E-state index contributed by atoms with van der Waals surface area (Å²) in [7, 11) is 1.52. The van der Waals surface area contributed by atoms with Crippen molar-refractivity contribution in [1.82, 2.24) is 10.4 Å². The van der Waals surface area contributed by atoms with Gasteiger partial charge in [0.1, 0.15) is 11.6 Å². The number of aryl methyl sites for hydroxylation is 1. The smallest absolute Gasteiger partial charge is 0.131 e. The number of rotatable bonds is 4. The number of hydrogen-bond acceptors (Lipinski definition) is 4. The van der Waals surface area contributed by atoms with Gasteiger partial charge in [0.15, 0.2) is 0 Å². The van der Waals surface area contributed by atoms with E-state index in [1.807, 2.05) is 6.07 Å². The molecule has 1 aliphatic rings. The zero-order valence-electron chi connectivity index (χ0n) is 11.8. The SMILES string of the molecule is COc1ccc(C(NN)C2CCc3cccnc32)c(F)c1. The number of hydrogen-bond donors (Lipinski definition) is 2. The molecule has 2 atom stereocenters. The number of methoxy groups -OCH3 is 1. The molecule has 1 heterocycles. The number of nitrogens with zero attached hydrogens (tertiary/aromatic N) is 1. The lowest BCUT2D eigenvalue weighted by Crippen LogP contribution is -2.32. The van der Waals surface area contributed by atoms with Gasteiger partial charge in [0.25, 0.3) is 0 Å². The number of hydrazine groups is 1. The number of benzene rings is 1. The standard InChI is InChI=1S/C16H18FN3O/c1-21-11-5-7-12(14(17)9-11)16(20-18)13-6-4-10-3-2-8-19-15(10)13/h2-3,5,7-9,13,16,20H,4,6,18H2,1H3. The van der Waals surface area contributed by atoms with Crippen LogP contribution in [0.3, 0.4) is 0 Å². The van der Waals surface area contributed by atoms with E-state index in [0.29, 0.717) is 11.3 Å². The minimum atomic E-state index is -0.318. The first kappa shape index (κ1) is 14.0. The molecule has 3 N–H and O–H groups in total. The molecule has 1 aliphatic carbocycles. The van der Waals surface area contributed by atoms with Crippen molar-refractivity contribution in [3.63, 3.8) is 0 Å². The van der Waals surface area contributed by atoms with Crippen LogP contribution in [0.2, 0.25) is 0 Å². The summed E-state index contributed by atoms with van der Waals surface area (Å²) < 4.78 is 19.3. The molecule has 2 aromatic rings. The van der Waals surface area contributed by atoms with Gasteiger partial charge in [-0.05, 0) is 30.5 Å². The normalized spacial score (nSPS) is 18.3. The van der Waals surface area contributed by atoms with E-state index >= 15 is 0 Å². The van der Waals surface area contributed by atoms with Gasteiger partial charge in [-0.2, -0.15) is 0 Å². The number of ether oxygens (including phenoxy) is 1. The average Bonchev–Trinajstić information content (AvgIpc) is 2.94. The quantitative estimate of drug-likeness (QED) is 0.670. The van der Waals surface area contributed by atoms with Crippen molar-refractivity contribution < 1.29 is 9.13 Å². The summed E-state index contributed by atoms with van der Waals surface area (Å²) in [5.41, 5.74) is 5.53. The zero-order chi connectivity index (χ0) is 14.8. The second kappa shape index (κ2) is 5.79. The molecule has 4 nitrogen and oxygen atoms in total. The van der Waals surface area contributed by atoms with Crippen LogP contribution in [0.4, 0.5) is 4.39 Å². The van der Waals surface area contributed by atoms with E-state index < -0.39 is 0 Å². The molecule has 1 aromatic heterocycles. The highest BCUT2D eigenvalue weighted by atomic mass is 19.1. The first-order valence-corrected chi connectivity index (χ1v) is 6.98. The monoisotopic (exact) mass is 287 g/mol. The number of nitrogens with one attached hydrogen (secondary N) is 1. The fourth-order valence-electron chi connectivity index (χ4n) is 3.08. The van der Waals surface area contributed by atoms with E-state index in [1.54, 1.807) is 18.3 Å². The highest BCUT2D eigenvalue weighted by Crippen LogP contribution is 2.41. The van der Waals surface area contributed by atoms with Crippen LogP contribution in [-0.2, 0) is 6.42 Å². The van der Waals surface area contributed by atoms with Gasteiger partial charge in [0.05, 0.1) is 13.2 Å². The summed E-state index contributed by atoms with van der Waals surface area (Å²) in [4.78, 5) is 4.46. The molecule has 21 heavy (non-hydrogen) atoms. The number of nitrogens with two attached hydrogens (primary N) is 1. The second-order valence-electron chi connectivity index (χ2n) is 5.22. The molecule has 110 valence electrons. The Labute approximate surface area is 123 Å². The van der Waals surface area contributed by atoms with Crippen LogP contribution in [-0.4, -0.2) is 12.1 Å². The third kappa shape index (κ3) is 2.50. The maximum atomic E-state index is 14.3. The molecule has 1 aromatic carbocycles. The summed E-state index contributed by atoms with van der Waals surface area (Å²) in [6.45, 7) is 0. The Morgan fingerprint density at radius 3 is 3.00 bits per heavy atom. The number of halogens is 1. The van der Waals surface area contributed by atoms with Gasteiger partial charge in [0, 0.05) is 29.4 Å². The van der Waals surface area contributed by atoms with Crippen LogP contribution < -0.4 is 16.0 Å². The molecule has 0 spiro atoms. The van der Waals surface area contributed by atoms with Crippen molar-refractivity contribution in [2.75, 3.05) is 7.11 Å². The third-order valence-electron chi connectivity index (χ3n) is 4.13. The lowest BCUT2D eigenvalue weighted by atomic mass is 9.91. The average molecular weight is 287 g/mol. The van der Waals surface area contributed by atoms with Crippen LogP contribution in [0.1, 0.15) is 35.2 Å². The minimum absolute atomic E-state index is 0.0779. The first-order valence-electron chi connectivity index (χ1n) is 6.98. The highest BCUT2D eigenvalue weighted by Gasteiger charge is 2.32. The van der Waals surface area contributed by atoms with Gasteiger partial charge >= 0.3 is 0 Å². The van der Waals surface area contributed by atoms with Gasteiger partial charge in [-0.3, -0.25) is 16.3 Å². The molecule has 0 amide bonds. The minimum Gasteiger partial charge on any atom is -0.497 e. The topological polar surface area (TPSA) is 60.2 Å².